The van der Waals surface area contributed by atoms with E-state index in [1.54, 1.807) is 30.3 Å². The van der Waals surface area contributed by atoms with E-state index in [4.69, 9.17) is 10.2 Å². The predicted octanol–water partition coefficient (Wildman–Crippen LogP) is 2.62. The smallest absolute Gasteiger partial charge is 0.271 e. The van der Waals surface area contributed by atoms with Gasteiger partial charge in [0.1, 0.15) is 11.5 Å². The lowest BCUT2D eigenvalue weighted by Crippen LogP contribution is -2.02. The number of aromatic nitrogens is 2. The van der Waals surface area contributed by atoms with Crippen molar-refractivity contribution in [2.75, 3.05) is 5.73 Å². The highest BCUT2D eigenvalue weighted by Crippen LogP contribution is 2.24. The Labute approximate surface area is 113 Å². The molecule has 0 atom stereocenters. The molecule has 20 heavy (non-hydrogen) atoms. The Kier molecular flexibility index (Phi) is 2.72. The fraction of sp³-hybridized carbons (Fsp3) is 0. The van der Waals surface area contributed by atoms with E-state index in [1.165, 1.54) is 23.1 Å². The first kappa shape index (κ1) is 12.0. The number of nitro benzene ring substituents is 1. The summed E-state index contributed by atoms with van der Waals surface area (Å²) in [5, 5.41) is 15.1. The van der Waals surface area contributed by atoms with Gasteiger partial charge >= 0.3 is 0 Å². The molecular weight excluding hydrogens is 260 g/mol. The molecule has 2 heterocycles. The van der Waals surface area contributed by atoms with Gasteiger partial charge in [0.25, 0.3) is 5.69 Å². The van der Waals surface area contributed by atoms with Gasteiger partial charge in [-0.1, -0.05) is 6.07 Å². The lowest BCUT2D eigenvalue weighted by atomic mass is 10.3. The zero-order valence-corrected chi connectivity index (χ0v) is 10.3. The second-order valence-electron chi connectivity index (χ2n) is 4.12. The Balaban J connectivity index is 2.07. The van der Waals surface area contributed by atoms with Gasteiger partial charge in [-0.15, -0.1) is 0 Å². The highest BCUT2D eigenvalue weighted by molar-refractivity contribution is 5.59. The zero-order valence-electron chi connectivity index (χ0n) is 10.3. The molecule has 100 valence electrons. The quantitative estimate of drug-likeness (QED) is 0.582. The fourth-order valence-corrected chi connectivity index (χ4v) is 1.89. The van der Waals surface area contributed by atoms with E-state index in [1.807, 2.05) is 0 Å². The largest absolute Gasteiger partial charge is 0.463 e. The lowest BCUT2D eigenvalue weighted by Gasteiger charge is -2.03. The van der Waals surface area contributed by atoms with Crippen molar-refractivity contribution in [2.45, 2.75) is 0 Å². The molecule has 7 heteroatoms. The number of nitrogens with zero attached hydrogens (tertiary/aromatic N) is 3. The Bertz CT molecular complexity index is 762. The summed E-state index contributed by atoms with van der Waals surface area (Å²) in [6, 6.07) is 11.3. The van der Waals surface area contributed by atoms with Crippen molar-refractivity contribution in [3.63, 3.8) is 0 Å². The highest BCUT2D eigenvalue weighted by atomic mass is 16.6. The minimum Gasteiger partial charge on any atom is -0.463 e. The maximum Gasteiger partial charge on any atom is 0.271 e. The summed E-state index contributed by atoms with van der Waals surface area (Å²) in [7, 11) is 0. The van der Waals surface area contributed by atoms with Crippen LogP contribution in [0, 0.1) is 10.1 Å². The van der Waals surface area contributed by atoms with Crippen molar-refractivity contribution in [3.05, 3.63) is 58.8 Å². The van der Waals surface area contributed by atoms with Crippen LogP contribution in [0.4, 0.5) is 11.5 Å². The predicted molar refractivity (Wildman–Crippen MR) is 72.3 cm³/mol. The van der Waals surface area contributed by atoms with Crippen molar-refractivity contribution in [3.8, 4) is 17.1 Å². The molecule has 2 N–H and O–H groups in total. The van der Waals surface area contributed by atoms with Gasteiger partial charge in [-0.25, -0.2) is 4.68 Å². The minimum atomic E-state index is -0.462. The van der Waals surface area contributed by atoms with Gasteiger partial charge in [0, 0.05) is 18.2 Å². The van der Waals surface area contributed by atoms with Crippen LogP contribution in [-0.4, -0.2) is 14.7 Å². The maximum atomic E-state index is 10.8. The van der Waals surface area contributed by atoms with Crippen molar-refractivity contribution in [1.82, 2.24) is 9.78 Å². The van der Waals surface area contributed by atoms with Gasteiger partial charge in [0.2, 0.25) is 0 Å². The van der Waals surface area contributed by atoms with Crippen LogP contribution in [-0.2, 0) is 0 Å². The van der Waals surface area contributed by atoms with Crippen LogP contribution in [0.3, 0.4) is 0 Å². The standard InChI is InChI=1S/C13H10N4O3/c14-13-8-11(12-5-2-6-20-12)15-16(13)9-3-1-4-10(7-9)17(18)19/h1-8H,14H2. The Morgan fingerprint density at radius 3 is 2.80 bits per heavy atom. The number of nitrogens with two attached hydrogens (primary N) is 1. The van der Waals surface area contributed by atoms with Gasteiger partial charge in [-0.05, 0) is 18.2 Å². The molecule has 0 aliphatic rings. The molecule has 7 nitrogen and oxygen atoms in total. The van der Waals surface area contributed by atoms with E-state index in [0.717, 1.165) is 0 Å². The van der Waals surface area contributed by atoms with Gasteiger partial charge in [0.15, 0.2) is 5.76 Å². The Morgan fingerprint density at radius 1 is 1.25 bits per heavy atom. The van der Waals surface area contributed by atoms with E-state index in [2.05, 4.69) is 5.10 Å². The molecular formula is C13H10N4O3. The van der Waals surface area contributed by atoms with Crippen molar-refractivity contribution >= 4 is 11.5 Å². The molecule has 0 unspecified atom stereocenters. The summed E-state index contributed by atoms with van der Waals surface area (Å²) < 4.78 is 6.68. The summed E-state index contributed by atoms with van der Waals surface area (Å²) in [4.78, 5) is 10.3. The molecule has 0 bridgehead atoms. The minimum absolute atomic E-state index is 0.0167. The van der Waals surface area contributed by atoms with E-state index in [9.17, 15) is 10.1 Å². The third kappa shape index (κ3) is 2.01. The fourth-order valence-electron chi connectivity index (χ4n) is 1.89. The molecule has 0 aliphatic heterocycles. The highest BCUT2D eigenvalue weighted by Gasteiger charge is 2.13. The monoisotopic (exact) mass is 270 g/mol. The molecule has 0 radical (unpaired) electrons. The van der Waals surface area contributed by atoms with E-state index in [0.29, 0.717) is 23.0 Å². The van der Waals surface area contributed by atoms with Crippen molar-refractivity contribution in [2.24, 2.45) is 0 Å². The first-order chi connectivity index (χ1) is 9.65. The molecule has 0 spiro atoms. The van der Waals surface area contributed by atoms with Crippen molar-refractivity contribution in [1.29, 1.82) is 0 Å². The molecule has 3 aromatic rings. The molecule has 1 aromatic carbocycles. The number of benzene rings is 1. The lowest BCUT2D eigenvalue weighted by molar-refractivity contribution is -0.384. The number of rotatable bonds is 3. The molecule has 0 aliphatic carbocycles. The molecule has 0 saturated heterocycles. The van der Waals surface area contributed by atoms with E-state index < -0.39 is 4.92 Å². The van der Waals surface area contributed by atoms with Crippen LogP contribution in [0.1, 0.15) is 0 Å². The Morgan fingerprint density at radius 2 is 2.10 bits per heavy atom. The molecule has 2 aromatic heterocycles. The molecule has 0 fully saturated rings. The topological polar surface area (TPSA) is 100 Å². The van der Waals surface area contributed by atoms with Crippen LogP contribution < -0.4 is 5.73 Å². The molecule has 0 saturated carbocycles. The zero-order chi connectivity index (χ0) is 14.1. The van der Waals surface area contributed by atoms with Crippen LogP contribution >= 0.6 is 0 Å². The van der Waals surface area contributed by atoms with Gasteiger partial charge in [-0.3, -0.25) is 10.1 Å². The average Bonchev–Trinajstić information content (AvgIpc) is 3.07. The average molecular weight is 270 g/mol. The van der Waals surface area contributed by atoms with E-state index in [-0.39, 0.29) is 5.69 Å². The summed E-state index contributed by atoms with van der Waals surface area (Å²) in [5.41, 5.74) is 6.97. The summed E-state index contributed by atoms with van der Waals surface area (Å²) in [5.74, 6) is 0.956. The number of non-ortho nitro benzene ring substituents is 1. The summed E-state index contributed by atoms with van der Waals surface area (Å²) in [6.07, 6.45) is 1.54. The maximum absolute atomic E-state index is 10.8. The second kappa shape index (κ2) is 4.54. The number of anilines is 1. The first-order valence-corrected chi connectivity index (χ1v) is 5.79. The number of hydrogen-bond donors (Lipinski definition) is 1. The number of nitrogen functional groups attached to an aromatic ring is 1. The number of nitro groups is 1. The number of hydrogen-bond acceptors (Lipinski definition) is 5. The summed E-state index contributed by atoms with van der Waals surface area (Å²) >= 11 is 0. The SMILES string of the molecule is Nc1cc(-c2ccco2)nn1-c1cccc([N+](=O)[O-])c1. The first-order valence-electron chi connectivity index (χ1n) is 5.79. The van der Waals surface area contributed by atoms with Crippen LogP contribution in [0.15, 0.2) is 53.1 Å². The third-order valence-electron chi connectivity index (χ3n) is 2.80. The van der Waals surface area contributed by atoms with E-state index >= 15 is 0 Å². The number of furan rings is 1. The molecule has 3 rings (SSSR count). The van der Waals surface area contributed by atoms with Crippen LogP contribution in [0.2, 0.25) is 0 Å². The van der Waals surface area contributed by atoms with Gasteiger partial charge < -0.3 is 10.2 Å². The summed E-state index contributed by atoms with van der Waals surface area (Å²) in [6.45, 7) is 0. The van der Waals surface area contributed by atoms with Gasteiger partial charge in [0.05, 0.1) is 16.9 Å². The Hall–Kier alpha value is -3.09. The molecule has 0 amide bonds. The second-order valence-corrected chi connectivity index (χ2v) is 4.12. The van der Waals surface area contributed by atoms with Crippen LogP contribution in [0.5, 0.6) is 0 Å². The van der Waals surface area contributed by atoms with Crippen molar-refractivity contribution < 1.29 is 9.34 Å². The van der Waals surface area contributed by atoms with Gasteiger partial charge in [-0.2, -0.15) is 5.10 Å². The third-order valence-corrected chi connectivity index (χ3v) is 2.80. The van der Waals surface area contributed by atoms with Crippen LogP contribution in [0.25, 0.3) is 17.1 Å². The normalized spacial score (nSPS) is 10.6.